The molecule has 0 radical (unpaired) electrons. The number of hydrogen-bond acceptors (Lipinski definition) is 4. The van der Waals surface area contributed by atoms with E-state index in [2.05, 4.69) is 0 Å². The highest BCUT2D eigenvalue weighted by Gasteiger charge is 2.21. The van der Waals surface area contributed by atoms with Gasteiger partial charge in [-0.2, -0.15) is 0 Å². The highest BCUT2D eigenvalue weighted by atomic mass is 35.5. The molecule has 0 fully saturated rings. The second-order valence-corrected chi connectivity index (χ2v) is 6.29. The van der Waals surface area contributed by atoms with Gasteiger partial charge in [-0.15, -0.1) is 0 Å². The smallest absolute Gasteiger partial charge is 0.204 e. The van der Waals surface area contributed by atoms with Crippen LogP contribution < -0.4 is 10.2 Å². The van der Waals surface area contributed by atoms with E-state index in [4.69, 9.17) is 20.8 Å². The summed E-state index contributed by atoms with van der Waals surface area (Å²) in [5.41, 5.74) is 1.32. The Morgan fingerprint density at radius 3 is 2.42 bits per heavy atom. The Morgan fingerprint density at radius 1 is 1.17 bits per heavy atom. The second-order valence-electron chi connectivity index (χ2n) is 5.85. The monoisotopic (exact) mass is 344 g/mol. The lowest BCUT2D eigenvalue weighted by Gasteiger charge is -2.14. The zero-order valence-corrected chi connectivity index (χ0v) is 14.3. The molecule has 0 amide bonds. The van der Waals surface area contributed by atoms with E-state index in [0.29, 0.717) is 27.3 Å². The Bertz CT molecular complexity index is 956. The van der Waals surface area contributed by atoms with E-state index in [1.807, 2.05) is 13.8 Å². The molecule has 124 valence electrons. The normalized spacial score (nSPS) is 11.2. The lowest BCUT2D eigenvalue weighted by Crippen LogP contribution is -2.11. The zero-order chi connectivity index (χ0) is 17.4. The topological polar surface area (TPSA) is 59.7 Å². The first kappa shape index (κ1) is 16.4. The summed E-state index contributed by atoms with van der Waals surface area (Å²) in [5, 5.41) is 10.7. The number of phenolic OH excluding ortho intramolecular Hbond substituents is 1. The lowest BCUT2D eigenvalue weighted by molar-refractivity contribution is 0.410. The number of hydrogen-bond donors (Lipinski definition) is 1. The van der Waals surface area contributed by atoms with Gasteiger partial charge in [0.2, 0.25) is 5.43 Å². The van der Waals surface area contributed by atoms with Crippen molar-refractivity contribution < 1.29 is 14.3 Å². The molecule has 0 aliphatic carbocycles. The van der Waals surface area contributed by atoms with Crippen molar-refractivity contribution in [1.82, 2.24) is 0 Å². The highest BCUT2D eigenvalue weighted by molar-refractivity contribution is 6.30. The predicted molar refractivity (Wildman–Crippen MR) is 95.2 cm³/mol. The molecule has 0 atom stereocenters. The maximum absolute atomic E-state index is 13.2. The van der Waals surface area contributed by atoms with Crippen LogP contribution in [0.25, 0.3) is 22.1 Å². The van der Waals surface area contributed by atoms with Gasteiger partial charge in [-0.25, -0.2) is 0 Å². The summed E-state index contributed by atoms with van der Waals surface area (Å²) in [6, 6.07) is 9.88. The molecule has 2 aromatic carbocycles. The first-order valence-electron chi connectivity index (χ1n) is 7.56. The van der Waals surface area contributed by atoms with E-state index >= 15 is 0 Å². The maximum Gasteiger partial charge on any atom is 0.204 e. The first-order valence-corrected chi connectivity index (χ1v) is 7.93. The van der Waals surface area contributed by atoms with Gasteiger partial charge in [0.25, 0.3) is 0 Å². The molecule has 0 aliphatic rings. The van der Waals surface area contributed by atoms with Crippen molar-refractivity contribution in [1.29, 1.82) is 0 Å². The SMILES string of the molecule is COc1cc(O)cc2oc(C(C)C)c(-c3ccc(Cl)cc3)c(=O)c12. The lowest BCUT2D eigenvalue weighted by atomic mass is 9.96. The molecule has 3 rings (SSSR count). The fourth-order valence-electron chi connectivity index (χ4n) is 2.74. The second kappa shape index (κ2) is 6.21. The molecule has 1 heterocycles. The Kier molecular flexibility index (Phi) is 4.24. The van der Waals surface area contributed by atoms with Crippen molar-refractivity contribution in [2.24, 2.45) is 0 Å². The quantitative estimate of drug-likeness (QED) is 0.730. The number of rotatable bonds is 3. The van der Waals surface area contributed by atoms with Crippen LogP contribution in [0.3, 0.4) is 0 Å². The van der Waals surface area contributed by atoms with Crippen LogP contribution in [-0.4, -0.2) is 12.2 Å². The predicted octanol–water partition coefficient (Wildman–Crippen LogP) is 4.95. The summed E-state index contributed by atoms with van der Waals surface area (Å²) < 4.78 is 11.2. The van der Waals surface area contributed by atoms with E-state index in [0.717, 1.165) is 5.56 Å². The molecule has 24 heavy (non-hydrogen) atoms. The number of benzene rings is 2. The van der Waals surface area contributed by atoms with E-state index in [1.165, 1.54) is 19.2 Å². The molecule has 0 saturated heterocycles. The van der Waals surface area contributed by atoms with Crippen molar-refractivity contribution in [3.8, 4) is 22.6 Å². The van der Waals surface area contributed by atoms with E-state index in [9.17, 15) is 9.90 Å². The molecule has 4 nitrogen and oxygen atoms in total. The molecular formula is C19H17ClO4. The van der Waals surface area contributed by atoms with Gasteiger partial charge in [-0.05, 0) is 17.7 Å². The van der Waals surface area contributed by atoms with Crippen LogP contribution in [-0.2, 0) is 0 Å². The Morgan fingerprint density at radius 2 is 1.83 bits per heavy atom. The summed E-state index contributed by atoms with van der Waals surface area (Å²) in [4.78, 5) is 13.2. The van der Waals surface area contributed by atoms with Crippen LogP contribution in [0.5, 0.6) is 11.5 Å². The average molecular weight is 345 g/mol. The van der Waals surface area contributed by atoms with Crippen LogP contribution in [0.4, 0.5) is 0 Å². The summed E-state index contributed by atoms with van der Waals surface area (Å²) >= 11 is 5.95. The Hall–Kier alpha value is -2.46. The number of halogens is 1. The number of phenols is 1. The number of aromatic hydroxyl groups is 1. The third-order valence-electron chi connectivity index (χ3n) is 3.85. The third-order valence-corrected chi connectivity index (χ3v) is 4.10. The average Bonchev–Trinajstić information content (AvgIpc) is 2.54. The summed E-state index contributed by atoms with van der Waals surface area (Å²) in [5.74, 6) is 0.810. The molecule has 1 N–H and O–H groups in total. The van der Waals surface area contributed by atoms with Gasteiger partial charge in [-0.3, -0.25) is 4.79 Å². The molecule has 0 aliphatic heterocycles. The van der Waals surface area contributed by atoms with Gasteiger partial charge in [0.05, 0.1) is 12.7 Å². The van der Waals surface area contributed by atoms with Gasteiger partial charge < -0.3 is 14.3 Å². The van der Waals surface area contributed by atoms with Gasteiger partial charge in [0, 0.05) is 23.1 Å². The van der Waals surface area contributed by atoms with Crippen molar-refractivity contribution in [2.75, 3.05) is 7.11 Å². The minimum Gasteiger partial charge on any atom is -0.508 e. The van der Waals surface area contributed by atoms with Crippen LogP contribution in [0, 0.1) is 0 Å². The van der Waals surface area contributed by atoms with Crippen molar-refractivity contribution >= 4 is 22.6 Å². The molecule has 0 unspecified atom stereocenters. The molecule has 0 saturated carbocycles. The fraction of sp³-hybridized carbons (Fsp3) is 0.211. The van der Waals surface area contributed by atoms with E-state index < -0.39 is 0 Å². The van der Waals surface area contributed by atoms with Gasteiger partial charge in [0.1, 0.15) is 28.2 Å². The molecule has 0 bridgehead atoms. The maximum atomic E-state index is 13.2. The van der Waals surface area contributed by atoms with Gasteiger partial charge >= 0.3 is 0 Å². The summed E-state index contributed by atoms with van der Waals surface area (Å²) in [6.45, 7) is 3.90. The summed E-state index contributed by atoms with van der Waals surface area (Å²) in [7, 11) is 1.45. The Labute approximate surface area is 144 Å². The minimum absolute atomic E-state index is 0.0129. The molecule has 5 heteroatoms. The van der Waals surface area contributed by atoms with Crippen LogP contribution in [0.1, 0.15) is 25.5 Å². The molecular weight excluding hydrogens is 328 g/mol. The zero-order valence-electron chi connectivity index (χ0n) is 13.6. The van der Waals surface area contributed by atoms with E-state index in [-0.39, 0.29) is 22.8 Å². The minimum atomic E-state index is -0.195. The number of methoxy groups -OCH3 is 1. The Balaban J connectivity index is 2.45. The third kappa shape index (κ3) is 2.74. The molecule has 0 spiro atoms. The van der Waals surface area contributed by atoms with Gasteiger partial charge in [0.15, 0.2) is 0 Å². The van der Waals surface area contributed by atoms with E-state index in [1.54, 1.807) is 24.3 Å². The largest absolute Gasteiger partial charge is 0.508 e. The fourth-order valence-corrected chi connectivity index (χ4v) is 2.87. The first-order chi connectivity index (χ1) is 11.4. The standard InChI is InChI=1S/C19H17ClO4/c1-10(2)19-16(11-4-6-12(20)7-5-11)18(22)17-14(23-3)8-13(21)9-15(17)24-19/h4-10,21H,1-3H3. The highest BCUT2D eigenvalue weighted by Crippen LogP contribution is 2.35. The van der Waals surface area contributed by atoms with Crippen LogP contribution in [0.15, 0.2) is 45.6 Å². The number of ether oxygens (including phenoxy) is 1. The van der Waals surface area contributed by atoms with Crippen molar-refractivity contribution in [3.05, 3.63) is 57.4 Å². The molecule has 3 aromatic rings. The van der Waals surface area contributed by atoms with Crippen molar-refractivity contribution in [3.63, 3.8) is 0 Å². The molecule has 1 aromatic heterocycles. The van der Waals surface area contributed by atoms with Gasteiger partial charge in [-0.1, -0.05) is 37.6 Å². The van der Waals surface area contributed by atoms with Crippen LogP contribution >= 0.6 is 11.6 Å². The van der Waals surface area contributed by atoms with Crippen LogP contribution in [0.2, 0.25) is 5.02 Å². The van der Waals surface area contributed by atoms with Crippen molar-refractivity contribution in [2.45, 2.75) is 19.8 Å². The summed E-state index contributed by atoms with van der Waals surface area (Å²) in [6.07, 6.45) is 0. The number of fused-ring (bicyclic) bond motifs is 1.